The van der Waals surface area contributed by atoms with Crippen LogP contribution in [0.1, 0.15) is 45.1 Å². The molecule has 3 rings (SSSR count). The first-order valence-corrected chi connectivity index (χ1v) is 8.30. The zero-order chi connectivity index (χ0) is 15.7. The third-order valence-electron chi connectivity index (χ3n) is 5.05. The summed E-state index contributed by atoms with van der Waals surface area (Å²) >= 11 is 0. The molecule has 1 aliphatic carbocycles. The summed E-state index contributed by atoms with van der Waals surface area (Å²) in [5.41, 5.74) is 2.02. The molecule has 0 aromatic heterocycles. The van der Waals surface area contributed by atoms with Gasteiger partial charge in [-0.15, -0.1) is 0 Å². The lowest BCUT2D eigenvalue weighted by atomic mass is 9.86. The molecule has 0 saturated heterocycles. The molecule has 3 atom stereocenters. The number of para-hydroxylation sites is 1. The Bertz CT molecular complexity index is 584. The number of benzene rings is 1. The molecule has 22 heavy (non-hydrogen) atoms. The summed E-state index contributed by atoms with van der Waals surface area (Å²) in [6, 6.07) is 8.02. The maximum absolute atomic E-state index is 12.6. The van der Waals surface area contributed by atoms with E-state index in [-0.39, 0.29) is 12.1 Å². The van der Waals surface area contributed by atoms with Crippen molar-refractivity contribution >= 4 is 17.5 Å². The van der Waals surface area contributed by atoms with E-state index >= 15 is 0 Å². The number of carbonyl (C=O) groups is 2. The van der Waals surface area contributed by atoms with Crippen molar-refractivity contribution in [3.8, 4) is 0 Å². The van der Waals surface area contributed by atoms with Crippen molar-refractivity contribution in [1.29, 1.82) is 0 Å². The molecule has 3 unspecified atom stereocenters. The van der Waals surface area contributed by atoms with Crippen LogP contribution in [0.15, 0.2) is 24.3 Å². The molecule has 1 aromatic carbocycles. The molecule has 0 radical (unpaired) electrons. The van der Waals surface area contributed by atoms with Gasteiger partial charge in [-0.1, -0.05) is 38.0 Å². The van der Waals surface area contributed by atoms with Crippen LogP contribution >= 0.6 is 0 Å². The van der Waals surface area contributed by atoms with Gasteiger partial charge in [-0.2, -0.15) is 0 Å². The van der Waals surface area contributed by atoms with E-state index in [1.54, 1.807) is 4.90 Å². The van der Waals surface area contributed by atoms with Crippen molar-refractivity contribution < 1.29 is 9.59 Å². The van der Waals surface area contributed by atoms with Gasteiger partial charge in [0, 0.05) is 17.8 Å². The van der Waals surface area contributed by atoms with E-state index in [0.717, 1.165) is 36.9 Å². The normalized spacial score (nSPS) is 27.4. The van der Waals surface area contributed by atoms with Crippen LogP contribution in [-0.2, 0) is 16.0 Å². The fourth-order valence-electron chi connectivity index (χ4n) is 3.75. The average Bonchev–Trinajstić information content (AvgIpc) is 2.84. The zero-order valence-electron chi connectivity index (χ0n) is 13.3. The Morgan fingerprint density at radius 3 is 2.64 bits per heavy atom. The van der Waals surface area contributed by atoms with E-state index in [4.69, 9.17) is 0 Å². The van der Waals surface area contributed by atoms with E-state index < -0.39 is 11.8 Å². The summed E-state index contributed by atoms with van der Waals surface area (Å²) < 4.78 is 0. The van der Waals surface area contributed by atoms with Gasteiger partial charge in [0.15, 0.2) is 0 Å². The quantitative estimate of drug-likeness (QED) is 0.811. The van der Waals surface area contributed by atoms with Gasteiger partial charge < -0.3 is 10.2 Å². The monoisotopic (exact) mass is 300 g/mol. The van der Waals surface area contributed by atoms with Crippen LogP contribution in [0.2, 0.25) is 0 Å². The Labute approximate surface area is 131 Å². The lowest BCUT2D eigenvalue weighted by molar-refractivity contribution is -0.138. The molecule has 4 nitrogen and oxygen atoms in total. The van der Waals surface area contributed by atoms with Gasteiger partial charge in [0.2, 0.25) is 0 Å². The topological polar surface area (TPSA) is 49.4 Å². The molecule has 0 spiro atoms. The van der Waals surface area contributed by atoms with Crippen LogP contribution < -0.4 is 10.2 Å². The summed E-state index contributed by atoms with van der Waals surface area (Å²) in [4.78, 5) is 26.7. The fraction of sp³-hybridized carbons (Fsp3) is 0.556. The van der Waals surface area contributed by atoms with Crippen molar-refractivity contribution in [2.24, 2.45) is 5.92 Å². The molecule has 1 N–H and O–H groups in total. The van der Waals surface area contributed by atoms with E-state index in [0.29, 0.717) is 5.92 Å². The maximum atomic E-state index is 12.6. The Hall–Kier alpha value is -1.84. The number of anilines is 1. The number of carbonyl (C=O) groups excluding carboxylic acids is 2. The van der Waals surface area contributed by atoms with Crippen molar-refractivity contribution in [1.82, 2.24) is 5.32 Å². The first kappa shape index (κ1) is 15.1. The SMILES string of the molecule is CC1CCCCC1NC(=O)C(=O)N1c2ccccc2CC1C. The number of fused-ring (bicyclic) bond motifs is 1. The van der Waals surface area contributed by atoms with Crippen LogP contribution in [-0.4, -0.2) is 23.9 Å². The Morgan fingerprint density at radius 2 is 1.86 bits per heavy atom. The van der Waals surface area contributed by atoms with Crippen LogP contribution in [0.5, 0.6) is 0 Å². The van der Waals surface area contributed by atoms with E-state index in [1.165, 1.54) is 6.42 Å². The first-order chi connectivity index (χ1) is 10.6. The molecular weight excluding hydrogens is 276 g/mol. The minimum absolute atomic E-state index is 0.0411. The van der Waals surface area contributed by atoms with E-state index in [2.05, 4.69) is 12.2 Å². The predicted molar refractivity (Wildman–Crippen MR) is 86.7 cm³/mol. The van der Waals surface area contributed by atoms with Crippen molar-refractivity contribution in [3.05, 3.63) is 29.8 Å². The lowest BCUT2D eigenvalue weighted by Gasteiger charge is -2.30. The first-order valence-electron chi connectivity index (χ1n) is 8.30. The van der Waals surface area contributed by atoms with Gasteiger partial charge in [-0.05, 0) is 43.7 Å². The molecule has 1 aromatic rings. The van der Waals surface area contributed by atoms with Gasteiger partial charge in [-0.3, -0.25) is 9.59 Å². The van der Waals surface area contributed by atoms with Crippen molar-refractivity contribution in [2.45, 2.75) is 58.0 Å². The van der Waals surface area contributed by atoms with Crippen molar-refractivity contribution in [2.75, 3.05) is 4.90 Å². The summed E-state index contributed by atoms with van der Waals surface area (Å²) in [6.07, 6.45) is 5.27. The third kappa shape index (κ3) is 2.74. The Balaban J connectivity index is 1.72. The minimum Gasteiger partial charge on any atom is -0.345 e. The van der Waals surface area contributed by atoms with Gasteiger partial charge in [-0.25, -0.2) is 0 Å². The highest BCUT2D eigenvalue weighted by Gasteiger charge is 2.35. The molecule has 2 amide bonds. The van der Waals surface area contributed by atoms with Crippen LogP contribution in [0.3, 0.4) is 0 Å². The van der Waals surface area contributed by atoms with E-state index in [1.807, 2.05) is 31.2 Å². The molecule has 1 aliphatic heterocycles. The average molecular weight is 300 g/mol. The number of nitrogens with zero attached hydrogens (tertiary/aromatic N) is 1. The summed E-state index contributed by atoms with van der Waals surface area (Å²) in [5, 5.41) is 2.97. The van der Waals surface area contributed by atoms with Crippen LogP contribution in [0.25, 0.3) is 0 Å². The molecule has 1 fully saturated rings. The highest BCUT2D eigenvalue weighted by atomic mass is 16.2. The van der Waals surface area contributed by atoms with Crippen molar-refractivity contribution in [3.63, 3.8) is 0 Å². The van der Waals surface area contributed by atoms with Gasteiger partial charge in [0.1, 0.15) is 0 Å². The highest BCUT2D eigenvalue weighted by Crippen LogP contribution is 2.32. The molecule has 1 saturated carbocycles. The molecule has 118 valence electrons. The number of rotatable bonds is 1. The van der Waals surface area contributed by atoms with E-state index in [9.17, 15) is 9.59 Å². The van der Waals surface area contributed by atoms with Gasteiger partial charge in [0.25, 0.3) is 0 Å². The fourth-order valence-corrected chi connectivity index (χ4v) is 3.75. The maximum Gasteiger partial charge on any atom is 0.316 e. The zero-order valence-corrected chi connectivity index (χ0v) is 13.3. The second-order valence-corrected chi connectivity index (χ2v) is 6.70. The molecular formula is C18H24N2O2. The second-order valence-electron chi connectivity index (χ2n) is 6.70. The number of amides is 2. The molecule has 2 aliphatic rings. The number of hydrogen-bond acceptors (Lipinski definition) is 2. The summed E-state index contributed by atoms with van der Waals surface area (Å²) in [5.74, 6) is -0.425. The molecule has 4 heteroatoms. The van der Waals surface area contributed by atoms with Gasteiger partial charge in [0.05, 0.1) is 0 Å². The predicted octanol–water partition coefficient (Wildman–Crippen LogP) is 2.66. The minimum atomic E-state index is -0.456. The van der Waals surface area contributed by atoms with Gasteiger partial charge >= 0.3 is 11.8 Å². The largest absolute Gasteiger partial charge is 0.345 e. The summed E-state index contributed by atoms with van der Waals surface area (Å²) in [7, 11) is 0. The highest BCUT2D eigenvalue weighted by molar-refractivity contribution is 6.40. The van der Waals surface area contributed by atoms with Crippen LogP contribution in [0, 0.1) is 5.92 Å². The molecule has 1 heterocycles. The Morgan fingerprint density at radius 1 is 1.14 bits per heavy atom. The number of hydrogen-bond donors (Lipinski definition) is 1. The number of nitrogens with one attached hydrogen (secondary N) is 1. The summed E-state index contributed by atoms with van der Waals surface area (Å²) in [6.45, 7) is 4.15. The Kier molecular flexibility index (Phi) is 4.19. The van der Waals surface area contributed by atoms with Crippen LogP contribution in [0.4, 0.5) is 5.69 Å². The second kappa shape index (κ2) is 6.11. The molecule has 0 bridgehead atoms. The standard InChI is InChI=1S/C18H24N2O2/c1-12-7-3-5-9-15(12)19-17(21)18(22)20-13(2)11-14-8-4-6-10-16(14)20/h4,6,8,10,12-13,15H,3,5,7,9,11H2,1-2H3,(H,19,21). The lowest BCUT2D eigenvalue weighted by Crippen LogP contribution is -2.50. The third-order valence-corrected chi connectivity index (χ3v) is 5.05. The smallest absolute Gasteiger partial charge is 0.316 e.